The molecule has 0 saturated carbocycles. The van der Waals surface area contributed by atoms with Crippen molar-refractivity contribution in [1.82, 2.24) is 5.32 Å². The van der Waals surface area contributed by atoms with Crippen LogP contribution in [0.2, 0.25) is 5.02 Å². The Morgan fingerprint density at radius 1 is 1.44 bits per heavy atom. The molecule has 1 unspecified atom stereocenters. The van der Waals surface area contributed by atoms with Gasteiger partial charge in [0.05, 0.1) is 5.60 Å². The lowest BCUT2D eigenvalue weighted by Gasteiger charge is -2.28. The van der Waals surface area contributed by atoms with Gasteiger partial charge in [0.2, 0.25) is 0 Å². The van der Waals surface area contributed by atoms with Crippen LogP contribution in [0.15, 0.2) is 18.2 Å². The topological polar surface area (TPSA) is 21.3 Å². The van der Waals surface area contributed by atoms with Crippen molar-refractivity contribution in [2.45, 2.75) is 38.3 Å². The first kappa shape index (κ1) is 15.4. The quantitative estimate of drug-likeness (QED) is 0.857. The van der Waals surface area contributed by atoms with E-state index in [2.05, 4.69) is 5.32 Å². The fraction of sp³-hybridized carbons (Fsp3) is 0.571. The van der Waals surface area contributed by atoms with E-state index in [1.165, 1.54) is 12.1 Å². The summed E-state index contributed by atoms with van der Waals surface area (Å²) in [6.45, 7) is 4.06. The number of nitrogens with one attached hydrogen (secondary N) is 1. The molecule has 1 aromatic carbocycles. The number of methoxy groups -OCH3 is 1. The first-order valence-electron chi connectivity index (χ1n) is 6.04. The van der Waals surface area contributed by atoms with Crippen molar-refractivity contribution in [2.24, 2.45) is 0 Å². The molecule has 4 heteroatoms. The molecule has 0 amide bonds. The van der Waals surface area contributed by atoms with Gasteiger partial charge in [-0.2, -0.15) is 0 Å². The van der Waals surface area contributed by atoms with E-state index in [1.807, 2.05) is 20.9 Å². The standard InChI is InChI=1S/C14H21ClFNO/c1-14(2,18-4)9-12(17-3)8-10-7-11(16)5-6-13(10)15/h5-7,12,17H,8-9H2,1-4H3. The number of benzene rings is 1. The van der Waals surface area contributed by atoms with Gasteiger partial charge in [-0.05, 0) is 57.5 Å². The molecule has 0 aliphatic rings. The smallest absolute Gasteiger partial charge is 0.123 e. The molecule has 1 rings (SSSR count). The molecule has 0 saturated heterocycles. The Labute approximate surface area is 113 Å². The van der Waals surface area contributed by atoms with Gasteiger partial charge in [0, 0.05) is 18.2 Å². The molecule has 0 bridgehead atoms. The molecular formula is C14H21ClFNO. The molecule has 0 aromatic heterocycles. The molecule has 0 heterocycles. The third-order valence-electron chi connectivity index (χ3n) is 3.17. The van der Waals surface area contributed by atoms with Gasteiger partial charge in [0.15, 0.2) is 0 Å². The maximum atomic E-state index is 13.2. The van der Waals surface area contributed by atoms with Gasteiger partial charge in [-0.25, -0.2) is 4.39 Å². The summed E-state index contributed by atoms with van der Waals surface area (Å²) < 4.78 is 18.6. The summed E-state index contributed by atoms with van der Waals surface area (Å²) in [7, 11) is 3.59. The second kappa shape index (κ2) is 6.50. The fourth-order valence-electron chi connectivity index (χ4n) is 1.92. The fourth-order valence-corrected chi connectivity index (χ4v) is 2.11. The van der Waals surface area contributed by atoms with E-state index < -0.39 is 0 Å². The van der Waals surface area contributed by atoms with Crippen LogP contribution < -0.4 is 5.32 Å². The number of likely N-dealkylation sites (N-methyl/N-ethyl adjacent to an activating group) is 1. The Balaban J connectivity index is 2.77. The average molecular weight is 274 g/mol. The van der Waals surface area contributed by atoms with Crippen LogP contribution in [0, 0.1) is 5.82 Å². The zero-order chi connectivity index (χ0) is 13.8. The number of ether oxygens (including phenoxy) is 1. The molecule has 102 valence electrons. The van der Waals surface area contributed by atoms with Gasteiger partial charge >= 0.3 is 0 Å². The second-order valence-corrected chi connectivity index (χ2v) is 5.50. The van der Waals surface area contributed by atoms with Crippen LogP contribution in [-0.4, -0.2) is 25.8 Å². The van der Waals surface area contributed by atoms with Crippen LogP contribution in [0.5, 0.6) is 0 Å². The lowest BCUT2D eigenvalue weighted by atomic mass is 9.94. The monoisotopic (exact) mass is 273 g/mol. The van der Waals surface area contributed by atoms with E-state index in [-0.39, 0.29) is 17.5 Å². The van der Waals surface area contributed by atoms with E-state index in [4.69, 9.17) is 16.3 Å². The molecule has 18 heavy (non-hydrogen) atoms. The van der Waals surface area contributed by atoms with Crippen LogP contribution in [-0.2, 0) is 11.2 Å². The van der Waals surface area contributed by atoms with Gasteiger partial charge in [-0.1, -0.05) is 11.6 Å². The lowest BCUT2D eigenvalue weighted by Crippen LogP contribution is -2.37. The van der Waals surface area contributed by atoms with E-state index >= 15 is 0 Å². The van der Waals surface area contributed by atoms with Crippen molar-refractivity contribution in [3.8, 4) is 0 Å². The minimum atomic E-state index is -0.254. The summed E-state index contributed by atoms with van der Waals surface area (Å²) in [6.07, 6.45) is 1.51. The summed E-state index contributed by atoms with van der Waals surface area (Å²) in [5.41, 5.74) is 0.607. The summed E-state index contributed by atoms with van der Waals surface area (Å²) in [4.78, 5) is 0. The minimum Gasteiger partial charge on any atom is -0.379 e. The zero-order valence-corrected chi connectivity index (χ0v) is 12.1. The molecule has 1 atom stereocenters. The van der Waals surface area contributed by atoms with Crippen LogP contribution in [0.3, 0.4) is 0 Å². The minimum absolute atomic E-state index is 0.194. The van der Waals surface area contributed by atoms with Gasteiger partial charge in [0.25, 0.3) is 0 Å². The van der Waals surface area contributed by atoms with Crippen molar-refractivity contribution in [1.29, 1.82) is 0 Å². The molecule has 0 aliphatic carbocycles. The Kier molecular flexibility index (Phi) is 5.57. The highest BCUT2D eigenvalue weighted by atomic mass is 35.5. The molecule has 2 nitrogen and oxygen atoms in total. The number of hydrogen-bond donors (Lipinski definition) is 1. The van der Waals surface area contributed by atoms with Gasteiger partial charge < -0.3 is 10.1 Å². The van der Waals surface area contributed by atoms with Crippen molar-refractivity contribution < 1.29 is 9.13 Å². The van der Waals surface area contributed by atoms with Crippen molar-refractivity contribution >= 4 is 11.6 Å². The average Bonchev–Trinajstić information content (AvgIpc) is 2.32. The van der Waals surface area contributed by atoms with E-state index in [0.717, 1.165) is 12.0 Å². The molecule has 0 aliphatic heterocycles. The second-order valence-electron chi connectivity index (χ2n) is 5.09. The highest BCUT2D eigenvalue weighted by Gasteiger charge is 2.22. The summed E-state index contributed by atoms with van der Waals surface area (Å²) >= 11 is 6.08. The third-order valence-corrected chi connectivity index (χ3v) is 3.54. The summed E-state index contributed by atoms with van der Waals surface area (Å²) in [5, 5.41) is 3.83. The Hall–Kier alpha value is -0.640. The van der Waals surface area contributed by atoms with Crippen molar-refractivity contribution in [3.63, 3.8) is 0 Å². The van der Waals surface area contributed by atoms with Gasteiger partial charge in [-0.15, -0.1) is 0 Å². The Bertz CT molecular complexity index is 395. The van der Waals surface area contributed by atoms with E-state index in [9.17, 15) is 4.39 Å². The van der Waals surface area contributed by atoms with Crippen LogP contribution in [0.25, 0.3) is 0 Å². The largest absolute Gasteiger partial charge is 0.379 e. The van der Waals surface area contributed by atoms with Crippen molar-refractivity contribution in [3.05, 3.63) is 34.6 Å². The SMILES string of the molecule is CNC(Cc1cc(F)ccc1Cl)CC(C)(C)OC. The Morgan fingerprint density at radius 3 is 2.67 bits per heavy atom. The van der Waals surface area contributed by atoms with Crippen molar-refractivity contribution in [2.75, 3.05) is 14.2 Å². The Morgan fingerprint density at radius 2 is 2.11 bits per heavy atom. The maximum absolute atomic E-state index is 13.2. The number of rotatable bonds is 6. The molecule has 0 fully saturated rings. The third kappa shape index (κ3) is 4.56. The summed E-state index contributed by atoms with van der Waals surface area (Å²) in [5.74, 6) is -0.254. The predicted molar refractivity (Wildman–Crippen MR) is 73.7 cm³/mol. The molecule has 1 aromatic rings. The highest BCUT2D eigenvalue weighted by Crippen LogP contribution is 2.22. The van der Waals surface area contributed by atoms with E-state index in [0.29, 0.717) is 11.4 Å². The normalized spacial score (nSPS) is 13.7. The maximum Gasteiger partial charge on any atom is 0.123 e. The van der Waals surface area contributed by atoms with Crippen LogP contribution in [0.1, 0.15) is 25.8 Å². The molecule has 0 radical (unpaired) electrons. The summed E-state index contributed by atoms with van der Waals surface area (Å²) in [6, 6.07) is 4.66. The molecule has 1 N–H and O–H groups in total. The van der Waals surface area contributed by atoms with Crippen LogP contribution in [0.4, 0.5) is 4.39 Å². The van der Waals surface area contributed by atoms with Gasteiger partial charge in [-0.3, -0.25) is 0 Å². The first-order valence-corrected chi connectivity index (χ1v) is 6.42. The van der Waals surface area contributed by atoms with Crippen LogP contribution >= 0.6 is 11.6 Å². The first-order chi connectivity index (χ1) is 8.38. The highest BCUT2D eigenvalue weighted by molar-refractivity contribution is 6.31. The van der Waals surface area contributed by atoms with E-state index in [1.54, 1.807) is 13.2 Å². The lowest BCUT2D eigenvalue weighted by molar-refractivity contribution is 0.00772. The zero-order valence-electron chi connectivity index (χ0n) is 11.4. The molecular weight excluding hydrogens is 253 g/mol. The van der Waals surface area contributed by atoms with Gasteiger partial charge in [0.1, 0.15) is 5.82 Å². The number of halogens is 2. The predicted octanol–water partition coefficient (Wildman–Crippen LogP) is 3.42. The molecule has 0 spiro atoms. The number of hydrogen-bond acceptors (Lipinski definition) is 2.